The van der Waals surface area contributed by atoms with E-state index in [1.807, 2.05) is 0 Å². The molecule has 2 aliphatic heterocycles. The molecule has 0 spiro atoms. The molecule has 0 N–H and O–H groups in total. The Balaban J connectivity index is 1.37. The lowest BCUT2D eigenvalue weighted by molar-refractivity contribution is 0.332. The summed E-state index contributed by atoms with van der Waals surface area (Å²) in [7, 11) is 0. The molecule has 0 amide bonds. The Morgan fingerprint density at radius 1 is 0.429 bits per heavy atom. The van der Waals surface area contributed by atoms with Crippen LogP contribution in [0.4, 0.5) is 34.1 Å². The number of fused-ring (bicyclic) bond motifs is 8. The van der Waals surface area contributed by atoms with Crippen molar-refractivity contribution in [3.05, 3.63) is 165 Å². The third-order valence-electron chi connectivity index (χ3n) is 16.9. The quantitative estimate of drug-likeness (QED) is 0.164. The molecule has 1 aliphatic carbocycles. The van der Waals surface area contributed by atoms with Gasteiger partial charge in [0.1, 0.15) is 0 Å². The standard InChI is InChI=1S/C66H74BN3/c1-39-22-21-23-40(2)60(39)69-55-37-50-49(65(14,15)28-29-66(50,16)17)36-52(55)67-51-35-48-47-32-43(62(5,6)7)26-27-53(47)68(46-24-19-18-20-25-46)54(48)38-56(51)70(58-34-45(64(11,12)13)33-57(69)59(58)67)61-41(3)30-44(31-42(61)4)63(8,9)10/h18-27,30-38H,28-29H2,1-17H3. The van der Waals surface area contributed by atoms with E-state index in [9.17, 15) is 0 Å². The second-order valence-corrected chi connectivity index (χ2v) is 26.0. The highest BCUT2D eigenvalue weighted by atomic mass is 15.2. The number of aromatic nitrogens is 1. The van der Waals surface area contributed by atoms with Crippen LogP contribution in [0.3, 0.4) is 0 Å². The average molecular weight is 920 g/mol. The van der Waals surface area contributed by atoms with E-state index in [2.05, 4.69) is 247 Å². The number of benzene rings is 7. The van der Waals surface area contributed by atoms with Crippen molar-refractivity contribution in [2.75, 3.05) is 9.80 Å². The molecule has 4 heteroatoms. The van der Waals surface area contributed by atoms with Crippen molar-refractivity contribution in [1.29, 1.82) is 0 Å². The third kappa shape index (κ3) is 6.97. The fourth-order valence-corrected chi connectivity index (χ4v) is 12.7. The predicted octanol–water partition coefficient (Wildman–Crippen LogP) is 16.3. The monoisotopic (exact) mass is 920 g/mol. The van der Waals surface area contributed by atoms with Gasteiger partial charge in [0.2, 0.25) is 0 Å². The fourth-order valence-electron chi connectivity index (χ4n) is 12.7. The number of hydrogen-bond donors (Lipinski definition) is 0. The lowest BCUT2D eigenvalue weighted by atomic mass is 9.33. The number of nitrogens with zero attached hydrogens (tertiary/aromatic N) is 3. The first-order valence-electron chi connectivity index (χ1n) is 26.1. The lowest BCUT2D eigenvalue weighted by Crippen LogP contribution is -2.62. The summed E-state index contributed by atoms with van der Waals surface area (Å²) >= 11 is 0. The number of rotatable bonds is 3. The molecule has 3 heterocycles. The molecule has 0 saturated carbocycles. The minimum Gasteiger partial charge on any atom is -0.311 e. The fraction of sp³-hybridized carbons (Fsp3) is 0.364. The Kier molecular flexibility index (Phi) is 10.1. The molecular formula is C66H74BN3. The van der Waals surface area contributed by atoms with Crippen LogP contribution < -0.4 is 26.2 Å². The van der Waals surface area contributed by atoms with Gasteiger partial charge in [-0.05, 0) is 183 Å². The predicted molar refractivity (Wildman–Crippen MR) is 305 cm³/mol. The van der Waals surface area contributed by atoms with Crippen LogP contribution in [-0.4, -0.2) is 11.3 Å². The van der Waals surface area contributed by atoms with Gasteiger partial charge in [-0.3, -0.25) is 0 Å². The third-order valence-corrected chi connectivity index (χ3v) is 16.9. The summed E-state index contributed by atoms with van der Waals surface area (Å²) in [5.74, 6) is 0. The maximum atomic E-state index is 2.71. The zero-order chi connectivity index (χ0) is 49.9. The van der Waals surface area contributed by atoms with Crippen LogP contribution in [0.2, 0.25) is 0 Å². The molecule has 70 heavy (non-hydrogen) atoms. The summed E-state index contributed by atoms with van der Waals surface area (Å²) in [5.41, 5.74) is 27.7. The van der Waals surface area contributed by atoms with Crippen LogP contribution in [-0.2, 0) is 27.1 Å². The number of anilines is 6. The maximum Gasteiger partial charge on any atom is 0.252 e. The summed E-state index contributed by atoms with van der Waals surface area (Å²) in [6, 6.07) is 45.8. The molecule has 356 valence electrons. The largest absolute Gasteiger partial charge is 0.311 e. The molecule has 3 nitrogen and oxygen atoms in total. The first-order valence-corrected chi connectivity index (χ1v) is 26.1. The van der Waals surface area contributed by atoms with Crippen molar-refractivity contribution in [2.24, 2.45) is 0 Å². The molecule has 11 rings (SSSR count). The Bertz CT molecular complexity index is 3440. The highest BCUT2D eigenvalue weighted by molar-refractivity contribution is 7.00. The Hall–Kier alpha value is -6.00. The van der Waals surface area contributed by atoms with Gasteiger partial charge in [-0.15, -0.1) is 0 Å². The Morgan fingerprint density at radius 2 is 0.914 bits per heavy atom. The second kappa shape index (κ2) is 15.3. The van der Waals surface area contributed by atoms with Gasteiger partial charge in [0.15, 0.2) is 0 Å². The first kappa shape index (κ1) is 46.4. The van der Waals surface area contributed by atoms with Crippen LogP contribution in [0.15, 0.2) is 115 Å². The van der Waals surface area contributed by atoms with Crippen LogP contribution in [0, 0.1) is 27.7 Å². The van der Waals surface area contributed by atoms with E-state index in [0.717, 1.165) is 12.8 Å². The van der Waals surface area contributed by atoms with Gasteiger partial charge >= 0.3 is 0 Å². The summed E-state index contributed by atoms with van der Waals surface area (Å²) in [4.78, 5) is 5.42. The zero-order valence-corrected chi connectivity index (χ0v) is 45.3. The minimum atomic E-state index is -0.129. The van der Waals surface area contributed by atoms with Crippen molar-refractivity contribution in [3.63, 3.8) is 0 Å². The van der Waals surface area contributed by atoms with Crippen LogP contribution in [0.25, 0.3) is 27.5 Å². The molecule has 8 aromatic rings. The Morgan fingerprint density at radius 3 is 1.47 bits per heavy atom. The van der Waals surface area contributed by atoms with Crippen molar-refractivity contribution < 1.29 is 0 Å². The lowest BCUT2D eigenvalue weighted by Gasteiger charge is -2.48. The van der Waals surface area contributed by atoms with E-state index >= 15 is 0 Å². The smallest absolute Gasteiger partial charge is 0.252 e. The average Bonchev–Trinajstić information content (AvgIpc) is 3.59. The van der Waals surface area contributed by atoms with Gasteiger partial charge in [0, 0.05) is 39.2 Å². The van der Waals surface area contributed by atoms with Crippen molar-refractivity contribution in [2.45, 2.75) is 158 Å². The zero-order valence-electron chi connectivity index (χ0n) is 45.3. The molecule has 3 aliphatic rings. The van der Waals surface area contributed by atoms with E-state index in [0.29, 0.717) is 0 Å². The summed E-state index contributed by atoms with van der Waals surface area (Å²) < 4.78 is 2.53. The van der Waals surface area contributed by atoms with Crippen LogP contribution in [0.5, 0.6) is 0 Å². The van der Waals surface area contributed by atoms with Gasteiger partial charge in [0.25, 0.3) is 6.71 Å². The second-order valence-electron chi connectivity index (χ2n) is 26.0. The van der Waals surface area contributed by atoms with Crippen molar-refractivity contribution >= 4 is 79.0 Å². The normalized spacial score (nSPS) is 16.1. The molecule has 0 saturated heterocycles. The van der Waals surface area contributed by atoms with Crippen LogP contribution >= 0.6 is 0 Å². The minimum absolute atomic E-state index is 0.00756. The van der Waals surface area contributed by atoms with Gasteiger partial charge in [-0.25, -0.2) is 0 Å². The van der Waals surface area contributed by atoms with E-state index in [1.54, 1.807) is 0 Å². The number of para-hydroxylation sites is 2. The molecule has 7 aromatic carbocycles. The van der Waals surface area contributed by atoms with Gasteiger partial charge in [-0.2, -0.15) is 0 Å². The Labute approximate surface area is 420 Å². The van der Waals surface area contributed by atoms with E-state index in [-0.39, 0.29) is 33.8 Å². The van der Waals surface area contributed by atoms with Gasteiger partial charge in [-0.1, -0.05) is 157 Å². The molecular weight excluding hydrogens is 846 g/mol. The molecule has 1 aromatic heterocycles. The van der Waals surface area contributed by atoms with Gasteiger partial charge < -0.3 is 14.4 Å². The van der Waals surface area contributed by atoms with E-state index < -0.39 is 0 Å². The molecule has 0 atom stereocenters. The first-order chi connectivity index (χ1) is 32.8. The van der Waals surface area contributed by atoms with Crippen molar-refractivity contribution in [1.82, 2.24) is 4.57 Å². The molecule has 0 radical (unpaired) electrons. The van der Waals surface area contributed by atoms with E-state index in [4.69, 9.17) is 0 Å². The summed E-state index contributed by atoms with van der Waals surface area (Å²) in [6.07, 6.45) is 2.33. The molecule has 0 bridgehead atoms. The van der Waals surface area contributed by atoms with E-state index in [1.165, 1.54) is 128 Å². The van der Waals surface area contributed by atoms with Gasteiger partial charge in [0.05, 0.1) is 22.4 Å². The molecule has 0 fully saturated rings. The molecule has 0 unspecified atom stereocenters. The maximum absolute atomic E-state index is 2.71. The topological polar surface area (TPSA) is 11.4 Å². The highest BCUT2D eigenvalue weighted by Crippen LogP contribution is 2.53. The SMILES string of the molecule is Cc1cccc(C)c1N1c2cc3c(cc2B2c4cc5c6cc(C(C)(C)C)ccc6n(-c6ccccc6)c5cc4N(c4c(C)cc(C(C)(C)C)cc4C)c4cc(C(C)(C)C)cc1c42)C(C)(C)CCC3(C)C. The van der Waals surface area contributed by atoms with Crippen molar-refractivity contribution in [3.8, 4) is 5.69 Å². The summed E-state index contributed by atoms with van der Waals surface area (Å²) in [5, 5.41) is 2.60. The highest BCUT2D eigenvalue weighted by Gasteiger charge is 2.48. The summed E-state index contributed by atoms with van der Waals surface area (Å²) in [6.45, 7) is 40.5. The van der Waals surface area contributed by atoms with Crippen LogP contribution in [0.1, 0.15) is 153 Å². The number of hydrogen-bond acceptors (Lipinski definition) is 2. The number of aryl methyl sites for hydroxylation is 4.